The van der Waals surface area contributed by atoms with E-state index in [-0.39, 0.29) is 23.1 Å². The van der Waals surface area contributed by atoms with Crippen molar-refractivity contribution in [3.05, 3.63) is 15.8 Å². The molecule has 1 aliphatic carbocycles. The molecule has 2 rings (SSSR count). The summed E-state index contributed by atoms with van der Waals surface area (Å²) in [5, 5.41) is 28.5. The topological polar surface area (TPSA) is 93.2 Å². The largest absolute Gasteiger partial charge is 0.394 e. The lowest BCUT2D eigenvalue weighted by Crippen LogP contribution is -2.39. The number of aromatic nitrogens is 2. The van der Waals surface area contributed by atoms with Crippen LogP contribution in [0.4, 0.5) is 11.5 Å². The fourth-order valence-electron chi connectivity index (χ4n) is 2.87. The van der Waals surface area contributed by atoms with Gasteiger partial charge in [0, 0.05) is 13.0 Å². The molecule has 0 aliphatic heterocycles. The Balaban J connectivity index is 2.43. The van der Waals surface area contributed by atoms with E-state index in [0.717, 1.165) is 25.7 Å². The minimum atomic E-state index is -0.452. The first-order valence-corrected chi connectivity index (χ1v) is 7.00. The van der Waals surface area contributed by atoms with E-state index >= 15 is 0 Å². The summed E-state index contributed by atoms with van der Waals surface area (Å²) in [5.41, 5.74) is 0.0561. The minimum absolute atomic E-state index is 0.0215. The van der Waals surface area contributed by atoms with Crippen molar-refractivity contribution in [2.45, 2.75) is 51.0 Å². The molecule has 1 heterocycles. The highest BCUT2D eigenvalue weighted by molar-refractivity contribution is 5.62. The molecule has 0 bridgehead atoms. The molecule has 0 radical (unpaired) electrons. The number of rotatable bonds is 5. The fraction of sp³-hybridized carbons (Fsp3) is 0.769. The number of aliphatic hydroxyl groups is 1. The Morgan fingerprint density at radius 2 is 2.10 bits per heavy atom. The summed E-state index contributed by atoms with van der Waals surface area (Å²) in [5.74, 6) is 0.375. The van der Waals surface area contributed by atoms with Gasteiger partial charge >= 0.3 is 5.69 Å². The monoisotopic (exact) mass is 282 g/mol. The van der Waals surface area contributed by atoms with Crippen LogP contribution >= 0.6 is 0 Å². The molecule has 0 aromatic carbocycles. The first-order valence-electron chi connectivity index (χ1n) is 7.00. The molecule has 0 spiro atoms. The summed E-state index contributed by atoms with van der Waals surface area (Å²) in [7, 11) is 1.70. The maximum Gasteiger partial charge on any atom is 0.334 e. The molecule has 0 unspecified atom stereocenters. The van der Waals surface area contributed by atoms with Gasteiger partial charge in [-0.15, -0.1) is 0 Å². The van der Waals surface area contributed by atoms with Crippen LogP contribution in [0.5, 0.6) is 0 Å². The van der Waals surface area contributed by atoms with Gasteiger partial charge in [0.25, 0.3) is 0 Å². The number of hydrogen-bond donors (Lipinski definition) is 2. The number of hydrogen-bond acceptors (Lipinski definition) is 5. The van der Waals surface area contributed by atoms with Gasteiger partial charge in [0.2, 0.25) is 5.82 Å². The normalized spacial score (nSPS) is 17.6. The van der Waals surface area contributed by atoms with Gasteiger partial charge in [0.15, 0.2) is 0 Å². The molecule has 1 aromatic rings. The molecule has 1 aromatic heterocycles. The Morgan fingerprint density at radius 1 is 1.50 bits per heavy atom. The zero-order valence-electron chi connectivity index (χ0n) is 12.2. The summed E-state index contributed by atoms with van der Waals surface area (Å²) in [6.07, 6.45) is 3.69. The number of nitrogens with one attached hydrogen (secondary N) is 1. The highest BCUT2D eigenvalue weighted by Crippen LogP contribution is 2.38. The Kier molecular flexibility index (Phi) is 3.99. The average molecular weight is 282 g/mol. The summed E-state index contributed by atoms with van der Waals surface area (Å²) in [4.78, 5) is 11.0. The summed E-state index contributed by atoms with van der Waals surface area (Å²) in [6, 6.07) is 0. The fourth-order valence-corrected chi connectivity index (χ4v) is 2.87. The maximum atomic E-state index is 11.4. The highest BCUT2D eigenvalue weighted by Gasteiger charge is 2.38. The molecular formula is C13H22N4O3. The number of anilines is 1. The van der Waals surface area contributed by atoms with Gasteiger partial charge in [-0.2, -0.15) is 5.10 Å². The Hall–Kier alpha value is -1.63. The third-order valence-corrected chi connectivity index (χ3v) is 4.02. The van der Waals surface area contributed by atoms with Crippen LogP contribution in [0.25, 0.3) is 0 Å². The molecule has 1 saturated carbocycles. The van der Waals surface area contributed by atoms with Crippen molar-refractivity contribution in [3.8, 4) is 0 Å². The predicted octanol–water partition coefficient (Wildman–Crippen LogP) is 2.17. The van der Waals surface area contributed by atoms with E-state index in [4.69, 9.17) is 0 Å². The lowest BCUT2D eigenvalue weighted by Gasteiger charge is -2.28. The average Bonchev–Trinajstić information content (AvgIpc) is 2.96. The van der Waals surface area contributed by atoms with Gasteiger partial charge in [-0.05, 0) is 12.8 Å². The first-order chi connectivity index (χ1) is 9.40. The molecule has 112 valence electrons. The molecular weight excluding hydrogens is 260 g/mol. The lowest BCUT2D eigenvalue weighted by atomic mass is 9.98. The Bertz CT molecular complexity index is 504. The Morgan fingerprint density at radius 3 is 2.55 bits per heavy atom. The van der Waals surface area contributed by atoms with E-state index in [1.807, 2.05) is 13.8 Å². The second-order valence-corrected chi connectivity index (χ2v) is 5.89. The number of nitrogens with zero attached hydrogens (tertiary/aromatic N) is 3. The zero-order chi connectivity index (χ0) is 14.9. The van der Waals surface area contributed by atoms with E-state index < -0.39 is 5.54 Å². The predicted molar refractivity (Wildman–Crippen MR) is 75.9 cm³/mol. The summed E-state index contributed by atoms with van der Waals surface area (Å²) < 4.78 is 1.52. The number of nitro groups is 1. The van der Waals surface area contributed by atoms with Gasteiger partial charge in [-0.3, -0.25) is 10.1 Å². The molecule has 0 atom stereocenters. The van der Waals surface area contributed by atoms with Gasteiger partial charge in [0.05, 0.1) is 17.1 Å². The number of aliphatic hydroxyl groups excluding tert-OH is 1. The van der Waals surface area contributed by atoms with Crippen LogP contribution in [0.1, 0.15) is 51.1 Å². The Labute approximate surface area is 118 Å². The molecule has 20 heavy (non-hydrogen) atoms. The van der Waals surface area contributed by atoms with Crippen molar-refractivity contribution in [2.24, 2.45) is 7.05 Å². The number of aryl methyl sites for hydroxylation is 1. The van der Waals surface area contributed by atoms with Crippen molar-refractivity contribution in [1.29, 1.82) is 0 Å². The lowest BCUT2D eigenvalue weighted by molar-refractivity contribution is -0.384. The van der Waals surface area contributed by atoms with E-state index in [1.54, 1.807) is 7.05 Å². The smallest absolute Gasteiger partial charge is 0.334 e. The minimum Gasteiger partial charge on any atom is -0.394 e. The highest BCUT2D eigenvalue weighted by atomic mass is 16.6. The van der Waals surface area contributed by atoms with Gasteiger partial charge in [0.1, 0.15) is 5.69 Å². The molecule has 2 N–H and O–H groups in total. The quantitative estimate of drug-likeness (QED) is 0.637. The second-order valence-electron chi connectivity index (χ2n) is 5.89. The third kappa shape index (κ3) is 2.49. The SMILES string of the molecule is CC(C)c1nn(C)c(NC2(CO)CCCC2)c1[N+](=O)[O-]. The molecule has 7 heteroatoms. The van der Waals surface area contributed by atoms with Crippen molar-refractivity contribution >= 4 is 11.5 Å². The van der Waals surface area contributed by atoms with E-state index in [9.17, 15) is 15.2 Å². The molecule has 1 fully saturated rings. The second kappa shape index (κ2) is 5.40. The van der Waals surface area contributed by atoms with Gasteiger partial charge in [-0.25, -0.2) is 4.68 Å². The first kappa shape index (κ1) is 14.8. The maximum absolute atomic E-state index is 11.4. The molecule has 7 nitrogen and oxygen atoms in total. The zero-order valence-corrected chi connectivity index (χ0v) is 12.2. The van der Waals surface area contributed by atoms with Crippen LogP contribution in [0.15, 0.2) is 0 Å². The van der Waals surface area contributed by atoms with E-state index in [0.29, 0.717) is 11.5 Å². The van der Waals surface area contributed by atoms with Crippen LogP contribution in [0, 0.1) is 10.1 Å². The van der Waals surface area contributed by atoms with Crippen LogP contribution in [-0.2, 0) is 7.05 Å². The van der Waals surface area contributed by atoms with Crippen LogP contribution in [0.2, 0.25) is 0 Å². The molecule has 0 saturated heterocycles. The summed E-state index contributed by atoms with van der Waals surface area (Å²) >= 11 is 0. The summed E-state index contributed by atoms with van der Waals surface area (Å²) in [6.45, 7) is 3.75. The van der Waals surface area contributed by atoms with Crippen molar-refractivity contribution < 1.29 is 10.0 Å². The van der Waals surface area contributed by atoms with Gasteiger partial charge in [-0.1, -0.05) is 26.7 Å². The standard InChI is InChI=1S/C13H22N4O3/c1-9(2)10-11(17(19)20)12(16(3)15-10)14-13(8-18)6-4-5-7-13/h9,14,18H,4-8H2,1-3H3. The van der Waals surface area contributed by atoms with Crippen LogP contribution < -0.4 is 5.32 Å². The third-order valence-electron chi connectivity index (χ3n) is 4.02. The van der Waals surface area contributed by atoms with E-state index in [1.165, 1.54) is 4.68 Å². The van der Waals surface area contributed by atoms with Crippen LogP contribution in [-0.4, -0.2) is 32.0 Å². The van der Waals surface area contributed by atoms with Crippen molar-refractivity contribution in [3.63, 3.8) is 0 Å². The van der Waals surface area contributed by atoms with Crippen molar-refractivity contribution in [1.82, 2.24) is 9.78 Å². The van der Waals surface area contributed by atoms with Crippen LogP contribution in [0.3, 0.4) is 0 Å². The van der Waals surface area contributed by atoms with Gasteiger partial charge < -0.3 is 10.4 Å². The molecule has 1 aliphatic rings. The van der Waals surface area contributed by atoms with E-state index in [2.05, 4.69) is 10.4 Å². The molecule has 0 amide bonds. The van der Waals surface area contributed by atoms with Crippen molar-refractivity contribution in [2.75, 3.05) is 11.9 Å².